The number of hydrogen-bond donors (Lipinski definition) is 1. The number of Topliss-reactive ketones (excluding diaryl/α,β-unsaturated/α-hetero) is 1. The molecule has 0 bridgehead atoms. The third-order valence-corrected chi connectivity index (χ3v) is 3.17. The summed E-state index contributed by atoms with van der Waals surface area (Å²) >= 11 is 0. The molecule has 3 heteroatoms. The maximum Gasteiger partial charge on any atom is 0.303 e. The lowest BCUT2D eigenvalue weighted by Crippen LogP contribution is -2.18. The summed E-state index contributed by atoms with van der Waals surface area (Å²) < 4.78 is 0. The van der Waals surface area contributed by atoms with Crippen molar-refractivity contribution in [3.63, 3.8) is 0 Å². The van der Waals surface area contributed by atoms with E-state index in [9.17, 15) is 9.59 Å². The zero-order valence-corrected chi connectivity index (χ0v) is 10.2. The fourth-order valence-corrected chi connectivity index (χ4v) is 1.78. The van der Waals surface area contributed by atoms with Gasteiger partial charge in [-0.1, -0.05) is 44.2 Å². The highest BCUT2D eigenvalue weighted by Gasteiger charge is 2.21. The zero-order valence-electron chi connectivity index (χ0n) is 10.2. The van der Waals surface area contributed by atoms with Gasteiger partial charge in [-0.3, -0.25) is 9.59 Å². The van der Waals surface area contributed by atoms with Crippen LogP contribution in [0.4, 0.5) is 0 Å². The number of rotatable bonds is 6. The van der Waals surface area contributed by atoms with E-state index in [2.05, 4.69) is 0 Å². The van der Waals surface area contributed by atoms with Crippen LogP contribution < -0.4 is 0 Å². The number of carboxylic acid groups (broad SMARTS) is 1. The van der Waals surface area contributed by atoms with E-state index in [0.29, 0.717) is 0 Å². The quantitative estimate of drug-likeness (QED) is 0.823. The second-order valence-electron chi connectivity index (χ2n) is 4.35. The Kier molecular flexibility index (Phi) is 4.88. The van der Waals surface area contributed by atoms with Crippen LogP contribution in [0.15, 0.2) is 30.3 Å². The van der Waals surface area contributed by atoms with Crippen molar-refractivity contribution in [2.45, 2.75) is 32.6 Å². The first-order chi connectivity index (χ1) is 8.02. The predicted octanol–water partition coefficient (Wildman–Crippen LogP) is 2.86. The monoisotopic (exact) mass is 234 g/mol. The van der Waals surface area contributed by atoms with Crippen molar-refractivity contribution in [3.8, 4) is 0 Å². The molecule has 92 valence electrons. The summed E-state index contributed by atoms with van der Waals surface area (Å²) in [6, 6.07) is 9.81. The van der Waals surface area contributed by atoms with Crippen LogP contribution >= 0.6 is 0 Å². The molecule has 3 nitrogen and oxygen atoms in total. The Morgan fingerprint density at radius 1 is 1.12 bits per heavy atom. The topological polar surface area (TPSA) is 54.4 Å². The van der Waals surface area contributed by atoms with Crippen LogP contribution in [-0.4, -0.2) is 16.9 Å². The largest absolute Gasteiger partial charge is 0.481 e. The van der Waals surface area contributed by atoms with Gasteiger partial charge in [-0.25, -0.2) is 0 Å². The molecule has 0 heterocycles. The van der Waals surface area contributed by atoms with E-state index in [0.717, 1.165) is 5.56 Å². The number of carboxylic acids is 1. The molecule has 0 saturated carbocycles. The third kappa shape index (κ3) is 4.02. The molecule has 0 radical (unpaired) electrons. The molecule has 2 atom stereocenters. The van der Waals surface area contributed by atoms with Crippen LogP contribution in [0.3, 0.4) is 0 Å². The van der Waals surface area contributed by atoms with E-state index in [4.69, 9.17) is 5.11 Å². The van der Waals surface area contributed by atoms with Crippen molar-refractivity contribution in [3.05, 3.63) is 35.9 Å². The summed E-state index contributed by atoms with van der Waals surface area (Å²) in [5.41, 5.74) is 1.11. The normalized spacial score (nSPS) is 14.0. The summed E-state index contributed by atoms with van der Waals surface area (Å²) in [5, 5.41) is 8.55. The van der Waals surface area contributed by atoms with Crippen LogP contribution in [0, 0.1) is 5.92 Å². The second kappa shape index (κ2) is 6.18. The summed E-state index contributed by atoms with van der Waals surface area (Å²) in [4.78, 5) is 22.2. The molecule has 0 aliphatic rings. The Morgan fingerprint density at radius 3 is 2.24 bits per heavy atom. The molecule has 1 N–H and O–H groups in total. The van der Waals surface area contributed by atoms with Crippen LogP contribution in [0.25, 0.3) is 0 Å². The van der Waals surface area contributed by atoms with Crippen molar-refractivity contribution < 1.29 is 14.7 Å². The summed E-state index contributed by atoms with van der Waals surface area (Å²) in [6.45, 7) is 3.86. The molecule has 0 aliphatic carbocycles. The van der Waals surface area contributed by atoms with Crippen molar-refractivity contribution in [2.75, 3.05) is 0 Å². The van der Waals surface area contributed by atoms with Gasteiger partial charge < -0.3 is 5.11 Å². The maximum absolute atomic E-state index is 11.8. The molecule has 0 spiro atoms. The minimum Gasteiger partial charge on any atom is -0.481 e. The van der Waals surface area contributed by atoms with Gasteiger partial charge in [0.15, 0.2) is 0 Å². The van der Waals surface area contributed by atoms with Gasteiger partial charge in [0.1, 0.15) is 5.78 Å². The summed E-state index contributed by atoms with van der Waals surface area (Å²) in [6.07, 6.45) is 0.0400. The Morgan fingerprint density at radius 2 is 1.71 bits per heavy atom. The van der Waals surface area contributed by atoms with Crippen molar-refractivity contribution in [1.82, 2.24) is 0 Å². The molecule has 17 heavy (non-hydrogen) atoms. The van der Waals surface area contributed by atoms with Crippen LogP contribution in [0.5, 0.6) is 0 Å². The molecule has 0 amide bonds. The smallest absolute Gasteiger partial charge is 0.303 e. The number of carbonyl (C=O) groups excluding carboxylic acids is 1. The predicted molar refractivity (Wildman–Crippen MR) is 65.9 cm³/mol. The lowest BCUT2D eigenvalue weighted by atomic mass is 9.85. The zero-order chi connectivity index (χ0) is 12.8. The van der Waals surface area contributed by atoms with Gasteiger partial charge in [-0.2, -0.15) is 0 Å². The average Bonchev–Trinajstić information content (AvgIpc) is 2.35. The van der Waals surface area contributed by atoms with Crippen molar-refractivity contribution >= 4 is 11.8 Å². The Balaban J connectivity index is 2.60. The van der Waals surface area contributed by atoms with Crippen LogP contribution in [0.2, 0.25) is 0 Å². The van der Waals surface area contributed by atoms with Gasteiger partial charge in [0, 0.05) is 12.3 Å². The highest BCUT2D eigenvalue weighted by atomic mass is 16.4. The van der Waals surface area contributed by atoms with Gasteiger partial charge in [-0.15, -0.1) is 0 Å². The Labute approximate surface area is 101 Å². The molecule has 1 aromatic carbocycles. The highest BCUT2D eigenvalue weighted by molar-refractivity contribution is 5.84. The van der Waals surface area contributed by atoms with E-state index in [-0.39, 0.29) is 30.5 Å². The maximum atomic E-state index is 11.8. The number of ketones is 1. The van der Waals surface area contributed by atoms with E-state index in [1.165, 1.54) is 0 Å². The SMILES string of the molecule is CC(C(=O)CCC(=O)O)C(C)c1ccccc1. The molecular formula is C14H18O3. The van der Waals surface area contributed by atoms with Crippen molar-refractivity contribution in [2.24, 2.45) is 5.92 Å². The first-order valence-electron chi connectivity index (χ1n) is 5.82. The lowest BCUT2D eigenvalue weighted by Gasteiger charge is -2.18. The Hall–Kier alpha value is -1.64. The van der Waals surface area contributed by atoms with Gasteiger partial charge >= 0.3 is 5.97 Å². The summed E-state index contributed by atoms with van der Waals surface area (Å²) in [5.74, 6) is -0.920. The van der Waals surface area contributed by atoms with E-state index in [1.807, 2.05) is 44.2 Å². The summed E-state index contributed by atoms with van der Waals surface area (Å²) in [7, 11) is 0. The van der Waals surface area contributed by atoms with Crippen LogP contribution in [-0.2, 0) is 9.59 Å². The number of carbonyl (C=O) groups is 2. The number of hydrogen-bond acceptors (Lipinski definition) is 2. The third-order valence-electron chi connectivity index (χ3n) is 3.17. The molecule has 0 aliphatic heterocycles. The highest BCUT2D eigenvalue weighted by Crippen LogP contribution is 2.25. The van der Waals surface area contributed by atoms with Gasteiger partial charge in [-0.05, 0) is 11.5 Å². The minimum absolute atomic E-state index is 0.0174. The van der Waals surface area contributed by atoms with Gasteiger partial charge in [0.2, 0.25) is 0 Å². The molecule has 2 unspecified atom stereocenters. The first-order valence-corrected chi connectivity index (χ1v) is 5.82. The fraction of sp³-hybridized carbons (Fsp3) is 0.429. The molecule has 0 saturated heterocycles. The second-order valence-corrected chi connectivity index (χ2v) is 4.35. The van der Waals surface area contributed by atoms with Crippen LogP contribution in [0.1, 0.15) is 38.2 Å². The molecule has 0 aromatic heterocycles. The number of aliphatic carboxylic acids is 1. The fourth-order valence-electron chi connectivity index (χ4n) is 1.78. The van der Waals surface area contributed by atoms with Gasteiger partial charge in [0.05, 0.1) is 6.42 Å². The molecule has 1 aromatic rings. The van der Waals surface area contributed by atoms with Crippen molar-refractivity contribution in [1.29, 1.82) is 0 Å². The van der Waals surface area contributed by atoms with E-state index >= 15 is 0 Å². The Bertz CT molecular complexity index is 384. The number of benzene rings is 1. The molecule has 1 rings (SSSR count). The molecular weight excluding hydrogens is 216 g/mol. The van der Waals surface area contributed by atoms with E-state index < -0.39 is 5.97 Å². The first kappa shape index (κ1) is 13.4. The van der Waals surface area contributed by atoms with Gasteiger partial charge in [0.25, 0.3) is 0 Å². The lowest BCUT2D eigenvalue weighted by molar-refractivity contribution is -0.139. The minimum atomic E-state index is -0.919. The average molecular weight is 234 g/mol. The van der Waals surface area contributed by atoms with E-state index in [1.54, 1.807) is 0 Å². The molecule has 0 fully saturated rings. The standard InChI is InChI=1S/C14H18O3/c1-10(12-6-4-3-5-7-12)11(2)13(15)8-9-14(16)17/h3-7,10-11H,8-9H2,1-2H3,(H,16,17).